The molecule has 0 unspecified atom stereocenters. The van der Waals surface area contributed by atoms with E-state index >= 15 is 0 Å². The van der Waals surface area contributed by atoms with Crippen LogP contribution in [-0.2, 0) is 17.7 Å². The van der Waals surface area contributed by atoms with Gasteiger partial charge < -0.3 is 14.4 Å². The van der Waals surface area contributed by atoms with Crippen LogP contribution in [0.2, 0.25) is 0 Å². The van der Waals surface area contributed by atoms with Crippen molar-refractivity contribution >= 4 is 44.4 Å². The van der Waals surface area contributed by atoms with E-state index in [1.165, 1.54) is 11.3 Å². The second kappa shape index (κ2) is 13.2. The molecule has 1 amide bonds. The number of pyridine rings is 1. The number of carbonyl (C=O) groups excluding carboxylic acids is 2. The molecule has 0 radical (unpaired) electrons. The number of rotatable bonds is 7. The van der Waals surface area contributed by atoms with Crippen LogP contribution in [-0.4, -0.2) is 34.0 Å². The van der Waals surface area contributed by atoms with Gasteiger partial charge in [0.05, 0.1) is 10.2 Å². The number of amides is 1. The Balaban J connectivity index is 1.21. The van der Waals surface area contributed by atoms with E-state index in [1.807, 2.05) is 125 Å². The van der Waals surface area contributed by atoms with Gasteiger partial charge in [0.15, 0.2) is 10.8 Å². The highest BCUT2D eigenvalue weighted by Gasteiger charge is 2.27. The summed E-state index contributed by atoms with van der Waals surface area (Å²) in [6.45, 7) is 8.66. The Hall–Kier alpha value is -5.54. The summed E-state index contributed by atoms with van der Waals surface area (Å²) in [5, 5.41) is 3.57. The minimum atomic E-state index is -0.713. The molecule has 0 bridgehead atoms. The molecule has 2 aromatic heterocycles. The first kappa shape index (κ1) is 32.0. The lowest BCUT2D eigenvalue weighted by Gasteiger charge is -2.31. The number of thiazole rings is 1. The van der Waals surface area contributed by atoms with E-state index in [0.29, 0.717) is 40.9 Å². The maximum Gasteiger partial charge on any atom is 0.358 e. The lowest BCUT2D eigenvalue weighted by molar-refractivity contribution is 0.00638. The monoisotopic (exact) mass is 668 g/mol. The third-order valence-electron chi connectivity index (χ3n) is 8.31. The van der Waals surface area contributed by atoms with Crippen molar-refractivity contribution < 1.29 is 19.1 Å². The average Bonchev–Trinajstić information content (AvgIpc) is 3.50. The van der Waals surface area contributed by atoms with E-state index in [9.17, 15) is 9.59 Å². The highest BCUT2D eigenvalue weighted by atomic mass is 32.1. The van der Waals surface area contributed by atoms with Crippen molar-refractivity contribution in [1.82, 2.24) is 9.97 Å². The van der Waals surface area contributed by atoms with E-state index in [-0.39, 0.29) is 11.6 Å². The Kier molecular flexibility index (Phi) is 8.60. The summed E-state index contributed by atoms with van der Waals surface area (Å²) in [6, 6.07) is 32.9. The zero-order chi connectivity index (χ0) is 34.1. The molecule has 0 fully saturated rings. The molecule has 1 aliphatic rings. The number of hydrogen-bond donors (Lipinski definition) is 1. The summed E-state index contributed by atoms with van der Waals surface area (Å²) in [5.74, 6) is 1.29. The molecule has 0 atom stereocenters. The normalized spacial score (nSPS) is 12.8. The molecular weight excluding hydrogens is 633 g/mol. The molecule has 1 aliphatic heterocycles. The molecule has 0 saturated carbocycles. The number of nitrogens with zero attached hydrogens (tertiary/aromatic N) is 3. The zero-order valence-electron chi connectivity index (χ0n) is 27.8. The second-order valence-corrected chi connectivity index (χ2v) is 14.0. The van der Waals surface area contributed by atoms with Gasteiger partial charge in [-0.2, -0.15) is 0 Å². The molecule has 3 heterocycles. The van der Waals surface area contributed by atoms with Crippen LogP contribution in [0.1, 0.15) is 58.3 Å². The van der Waals surface area contributed by atoms with Crippen molar-refractivity contribution in [3.05, 3.63) is 131 Å². The first-order chi connectivity index (χ1) is 23.6. The fraction of sp³-hybridized carbons (Fsp3) is 0.200. The maximum absolute atomic E-state index is 13.8. The van der Waals surface area contributed by atoms with Gasteiger partial charge in [-0.15, -0.1) is 0 Å². The first-order valence-electron chi connectivity index (χ1n) is 16.2. The molecule has 7 rings (SSSR count). The predicted molar refractivity (Wildman–Crippen MR) is 195 cm³/mol. The number of nitrogens with one attached hydrogen (secondary N) is 1. The van der Waals surface area contributed by atoms with E-state index < -0.39 is 11.6 Å². The molecule has 49 heavy (non-hydrogen) atoms. The Labute approximate surface area is 289 Å². The number of para-hydroxylation sites is 2. The van der Waals surface area contributed by atoms with Crippen molar-refractivity contribution in [2.45, 2.75) is 46.3 Å². The number of carbonyl (C=O) groups is 2. The molecule has 0 spiro atoms. The Bertz CT molecular complexity index is 2160. The third kappa shape index (κ3) is 7.03. The van der Waals surface area contributed by atoms with Gasteiger partial charge in [-0.1, -0.05) is 59.9 Å². The topological polar surface area (TPSA) is 93.6 Å². The molecule has 0 aliphatic carbocycles. The number of ether oxygens (including phenoxy) is 2. The number of aromatic nitrogens is 2. The fourth-order valence-electron chi connectivity index (χ4n) is 5.98. The van der Waals surface area contributed by atoms with Crippen LogP contribution < -0.4 is 15.0 Å². The smallest absolute Gasteiger partial charge is 0.358 e. The van der Waals surface area contributed by atoms with Crippen molar-refractivity contribution in [2.75, 3.05) is 16.8 Å². The summed E-state index contributed by atoms with van der Waals surface area (Å²) in [7, 11) is 0. The Morgan fingerprint density at radius 2 is 1.63 bits per heavy atom. The van der Waals surface area contributed by atoms with Crippen LogP contribution >= 0.6 is 11.3 Å². The maximum atomic E-state index is 13.8. The van der Waals surface area contributed by atoms with Crippen molar-refractivity contribution in [3.8, 4) is 22.6 Å². The third-order valence-corrected chi connectivity index (χ3v) is 9.26. The molecule has 0 saturated heterocycles. The minimum absolute atomic E-state index is 0.205. The number of aryl methyl sites for hydroxylation is 1. The summed E-state index contributed by atoms with van der Waals surface area (Å²) >= 11 is 1.45. The molecule has 9 heteroatoms. The minimum Gasteiger partial charge on any atom is -0.457 e. The number of fused-ring (bicyclic) bond motifs is 2. The van der Waals surface area contributed by atoms with E-state index in [1.54, 1.807) is 0 Å². The second-order valence-electron chi connectivity index (χ2n) is 13.0. The average molecular weight is 669 g/mol. The van der Waals surface area contributed by atoms with Crippen LogP contribution in [0.4, 0.5) is 10.9 Å². The zero-order valence-corrected chi connectivity index (χ0v) is 28.6. The van der Waals surface area contributed by atoms with Crippen molar-refractivity contribution in [1.29, 1.82) is 0 Å². The quantitative estimate of drug-likeness (QED) is 0.170. The van der Waals surface area contributed by atoms with Gasteiger partial charge >= 0.3 is 5.97 Å². The Morgan fingerprint density at radius 3 is 2.43 bits per heavy atom. The standard InChI is InChI=1S/C40H36N4O4S/c1-25-17-18-28(47-27-12-6-5-7-13-27)23-31(25)29-19-20-35(42-36(29)38(46)48-40(2,3)4)44-22-21-26-11-10-14-30(32(26)24-44)37(45)43-39-41-33-15-8-9-16-34(33)49-39/h5-20,23H,21-22,24H2,1-4H3,(H,41,43,45). The highest BCUT2D eigenvalue weighted by Crippen LogP contribution is 2.35. The van der Waals surface area contributed by atoms with Crippen LogP contribution in [0.25, 0.3) is 21.3 Å². The van der Waals surface area contributed by atoms with Crippen LogP contribution in [0.5, 0.6) is 11.5 Å². The van der Waals surface area contributed by atoms with Gasteiger partial charge in [-0.05, 0) is 111 Å². The summed E-state index contributed by atoms with van der Waals surface area (Å²) < 4.78 is 13.0. The summed E-state index contributed by atoms with van der Waals surface area (Å²) in [6.07, 6.45) is 0.723. The van der Waals surface area contributed by atoms with E-state index in [4.69, 9.17) is 14.5 Å². The molecule has 6 aromatic rings. The van der Waals surface area contributed by atoms with E-state index in [0.717, 1.165) is 44.6 Å². The van der Waals surface area contributed by atoms with Crippen LogP contribution in [0.15, 0.2) is 103 Å². The van der Waals surface area contributed by atoms with Gasteiger partial charge in [0.1, 0.15) is 22.9 Å². The lowest BCUT2D eigenvalue weighted by Crippen LogP contribution is -2.33. The number of anilines is 2. The van der Waals surface area contributed by atoms with Gasteiger partial charge in [0.2, 0.25) is 0 Å². The molecular formula is C40H36N4O4S. The number of hydrogen-bond acceptors (Lipinski definition) is 8. The largest absolute Gasteiger partial charge is 0.457 e. The Morgan fingerprint density at radius 1 is 0.837 bits per heavy atom. The van der Waals surface area contributed by atoms with Gasteiger partial charge in [-0.25, -0.2) is 14.8 Å². The van der Waals surface area contributed by atoms with Crippen molar-refractivity contribution in [2.24, 2.45) is 0 Å². The molecule has 1 N–H and O–H groups in total. The molecule has 246 valence electrons. The lowest BCUT2D eigenvalue weighted by atomic mass is 9.94. The van der Waals surface area contributed by atoms with Crippen LogP contribution in [0, 0.1) is 6.92 Å². The molecule has 8 nitrogen and oxygen atoms in total. The first-order valence-corrected chi connectivity index (χ1v) is 17.0. The highest BCUT2D eigenvalue weighted by molar-refractivity contribution is 7.22. The SMILES string of the molecule is Cc1ccc(Oc2ccccc2)cc1-c1ccc(N2CCc3cccc(C(=O)Nc4nc5ccccc5s4)c3C2)nc1C(=O)OC(C)(C)C. The number of benzene rings is 4. The molecule has 4 aromatic carbocycles. The fourth-order valence-corrected chi connectivity index (χ4v) is 6.84. The van der Waals surface area contributed by atoms with Gasteiger partial charge in [0.25, 0.3) is 5.91 Å². The number of esters is 1. The van der Waals surface area contributed by atoms with Gasteiger partial charge in [-0.3, -0.25) is 10.1 Å². The summed E-state index contributed by atoms with van der Waals surface area (Å²) in [4.78, 5) is 39.0. The van der Waals surface area contributed by atoms with Crippen LogP contribution in [0.3, 0.4) is 0 Å². The van der Waals surface area contributed by atoms with Gasteiger partial charge in [0, 0.05) is 24.2 Å². The van der Waals surface area contributed by atoms with Crippen molar-refractivity contribution in [3.63, 3.8) is 0 Å². The summed E-state index contributed by atoms with van der Waals surface area (Å²) in [5.41, 5.74) is 5.45. The van der Waals surface area contributed by atoms with E-state index in [2.05, 4.69) is 21.3 Å². The predicted octanol–water partition coefficient (Wildman–Crippen LogP) is 9.23.